The topological polar surface area (TPSA) is 24.1 Å². The number of rotatable bonds is 4. The highest BCUT2D eigenvalue weighted by Gasteiger charge is 2.12. The Morgan fingerprint density at radius 2 is 2.13 bits per heavy atom. The molecule has 0 saturated carbocycles. The van der Waals surface area contributed by atoms with Gasteiger partial charge in [0.25, 0.3) is 0 Å². The van der Waals surface area contributed by atoms with Gasteiger partial charge in [-0.15, -0.1) is 0 Å². The van der Waals surface area contributed by atoms with Crippen molar-refractivity contribution in [3.05, 3.63) is 34.9 Å². The van der Waals surface area contributed by atoms with Crippen molar-refractivity contribution in [1.29, 1.82) is 0 Å². The number of halogens is 1. The molecule has 0 spiro atoms. The Balaban J connectivity index is 1.71. The molecule has 0 aliphatic carbocycles. The molecule has 1 aromatic rings. The predicted octanol–water partition coefficient (Wildman–Crippen LogP) is 1.83. The van der Waals surface area contributed by atoms with E-state index >= 15 is 0 Å². The molecule has 1 fully saturated rings. The molecular formula is C12H17ClN2. The lowest BCUT2D eigenvalue weighted by molar-refractivity contribution is 0.550. The minimum atomic E-state index is 0.664. The fourth-order valence-electron chi connectivity index (χ4n) is 1.90. The molecular weight excluding hydrogens is 208 g/mol. The molecule has 1 atom stereocenters. The minimum Gasteiger partial charge on any atom is -0.315 e. The Kier molecular flexibility index (Phi) is 4.01. The number of nitrogens with one attached hydrogen (secondary N) is 2. The maximum Gasteiger partial charge on any atom is 0.0406 e. The van der Waals surface area contributed by atoms with Crippen LogP contribution in [0.2, 0.25) is 5.02 Å². The van der Waals surface area contributed by atoms with E-state index < -0.39 is 0 Å². The minimum absolute atomic E-state index is 0.664. The van der Waals surface area contributed by atoms with E-state index in [-0.39, 0.29) is 0 Å². The summed E-state index contributed by atoms with van der Waals surface area (Å²) in [5, 5.41) is 7.71. The fraction of sp³-hybridized carbons (Fsp3) is 0.500. The van der Waals surface area contributed by atoms with Crippen molar-refractivity contribution < 1.29 is 0 Å². The first-order valence-electron chi connectivity index (χ1n) is 5.53. The molecule has 0 radical (unpaired) electrons. The molecule has 1 unspecified atom stereocenters. The Bertz CT molecular complexity index is 291. The van der Waals surface area contributed by atoms with E-state index in [1.165, 1.54) is 12.0 Å². The summed E-state index contributed by atoms with van der Waals surface area (Å²) in [6.45, 7) is 3.31. The molecule has 3 heteroatoms. The van der Waals surface area contributed by atoms with Gasteiger partial charge in [-0.25, -0.2) is 0 Å². The predicted molar refractivity (Wildman–Crippen MR) is 64.4 cm³/mol. The van der Waals surface area contributed by atoms with Crippen LogP contribution in [0.5, 0.6) is 0 Å². The molecule has 1 aliphatic rings. The van der Waals surface area contributed by atoms with Crippen molar-refractivity contribution in [2.45, 2.75) is 18.9 Å². The normalized spacial score (nSPS) is 20.7. The molecule has 1 aliphatic heterocycles. The molecule has 2 N–H and O–H groups in total. The molecule has 82 valence electrons. The molecule has 0 bridgehead atoms. The first-order chi connectivity index (χ1) is 7.34. The summed E-state index contributed by atoms with van der Waals surface area (Å²) in [5.41, 5.74) is 1.35. The smallest absolute Gasteiger partial charge is 0.0406 e. The Morgan fingerprint density at radius 1 is 1.33 bits per heavy atom. The fourth-order valence-corrected chi connectivity index (χ4v) is 2.03. The summed E-state index contributed by atoms with van der Waals surface area (Å²) in [5.74, 6) is 0. The lowest BCUT2D eigenvalue weighted by Gasteiger charge is -2.10. The van der Waals surface area contributed by atoms with Gasteiger partial charge in [-0.05, 0) is 43.6 Å². The highest BCUT2D eigenvalue weighted by Crippen LogP contribution is 2.09. The quantitative estimate of drug-likeness (QED) is 0.816. The van der Waals surface area contributed by atoms with Crippen LogP contribution in [0.25, 0.3) is 0 Å². The summed E-state index contributed by atoms with van der Waals surface area (Å²) in [4.78, 5) is 0. The zero-order chi connectivity index (χ0) is 10.5. The van der Waals surface area contributed by atoms with E-state index in [1.807, 2.05) is 12.1 Å². The maximum atomic E-state index is 5.83. The van der Waals surface area contributed by atoms with E-state index in [2.05, 4.69) is 22.8 Å². The van der Waals surface area contributed by atoms with E-state index in [9.17, 15) is 0 Å². The number of hydrogen-bond acceptors (Lipinski definition) is 2. The van der Waals surface area contributed by atoms with E-state index in [0.717, 1.165) is 31.1 Å². The van der Waals surface area contributed by atoms with Gasteiger partial charge >= 0.3 is 0 Å². The van der Waals surface area contributed by atoms with Gasteiger partial charge in [0, 0.05) is 17.6 Å². The van der Waals surface area contributed by atoms with E-state index in [0.29, 0.717) is 6.04 Å². The molecule has 2 rings (SSSR count). The molecule has 1 heterocycles. The van der Waals surface area contributed by atoms with Crippen LogP contribution in [0.4, 0.5) is 0 Å². The third-order valence-electron chi connectivity index (χ3n) is 2.82. The van der Waals surface area contributed by atoms with Crippen LogP contribution in [0.3, 0.4) is 0 Å². The van der Waals surface area contributed by atoms with E-state index in [1.54, 1.807) is 0 Å². The zero-order valence-electron chi connectivity index (χ0n) is 8.80. The van der Waals surface area contributed by atoms with Crippen LogP contribution in [0.1, 0.15) is 12.0 Å². The highest BCUT2D eigenvalue weighted by molar-refractivity contribution is 6.30. The van der Waals surface area contributed by atoms with Gasteiger partial charge in [0.2, 0.25) is 0 Å². The van der Waals surface area contributed by atoms with Gasteiger partial charge in [0.15, 0.2) is 0 Å². The van der Waals surface area contributed by atoms with Gasteiger partial charge < -0.3 is 10.6 Å². The Morgan fingerprint density at radius 3 is 2.80 bits per heavy atom. The Labute approximate surface area is 96.0 Å². The van der Waals surface area contributed by atoms with Crippen molar-refractivity contribution in [1.82, 2.24) is 10.6 Å². The monoisotopic (exact) mass is 224 g/mol. The third kappa shape index (κ3) is 3.49. The van der Waals surface area contributed by atoms with Crippen LogP contribution in [0, 0.1) is 0 Å². The lowest BCUT2D eigenvalue weighted by Crippen LogP contribution is -2.32. The molecule has 15 heavy (non-hydrogen) atoms. The third-order valence-corrected chi connectivity index (χ3v) is 3.07. The van der Waals surface area contributed by atoms with E-state index in [4.69, 9.17) is 11.6 Å². The van der Waals surface area contributed by atoms with Crippen LogP contribution >= 0.6 is 11.6 Å². The van der Waals surface area contributed by atoms with Crippen molar-refractivity contribution in [3.8, 4) is 0 Å². The first kappa shape index (κ1) is 10.9. The second-order valence-electron chi connectivity index (χ2n) is 4.02. The summed E-state index contributed by atoms with van der Waals surface area (Å²) in [6.07, 6.45) is 2.33. The molecule has 1 aromatic carbocycles. The maximum absolute atomic E-state index is 5.83. The van der Waals surface area contributed by atoms with Crippen LogP contribution in [0.15, 0.2) is 24.3 Å². The molecule has 1 saturated heterocycles. The molecule has 0 aromatic heterocycles. The largest absolute Gasteiger partial charge is 0.315 e. The van der Waals surface area contributed by atoms with Crippen molar-refractivity contribution >= 4 is 11.6 Å². The van der Waals surface area contributed by atoms with Gasteiger partial charge in [-0.1, -0.05) is 23.7 Å². The standard InChI is InChI=1S/C12H17ClN2/c13-11-3-1-10(2-4-11)5-8-15-12-6-7-14-9-12/h1-4,12,14-15H,5-9H2. The van der Waals surface area contributed by atoms with Gasteiger partial charge in [0.05, 0.1) is 0 Å². The SMILES string of the molecule is Clc1ccc(CCNC2CCNC2)cc1. The van der Waals surface area contributed by atoms with Gasteiger partial charge in [0.1, 0.15) is 0 Å². The average molecular weight is 225 g/mol. The van der Waals surface area contributed by atoms with Gasteiger partial charge in [-0.2, -0.15) is 0 Å². The highest BCUT2D eigenvalue weighted by atomic mass is 35.5. The van der Waals surface area contributed by atoms with Crippen LogP contribution < -0.4 is 10.6 Å². The van der Waals surface area contributed by atoms with Crippen LogP contribution in [-0.4, -0.2) is 25.7 Å². The summed E-state index contributed by atoms with van der Waals surface area (Å²) < 4.78 is 0. The number of benzene rings is 1. The lowest BCUT2D eigenvalue weighted by atomic mass is 10.1. The van der Waals surface area contributed by atoms with Crippen molar-refractivity contribution in [3.63, 3.8) is 0 Å². The summed E-state index contributed by atoms with van der Waals surface area (Å²) in [7, 11) is 0. The molecule has 2 nitrogen and oxygen atoms in total. The summed E-state index contributed by atoms with van der Waals surface area (Å²) >= 11 is 5.83. The van der Waals surface area contributed by atoms with Crippen molar-refractivity contribution in [2.75, 3.05) is 19.6 Å². The van der Waals surface area contributed by atoms with Gasteiger partial charge in [-0.3, -0.25) is 0 Å². The Hall–Kier alpha value is -0.570. The average Bonchev–Trinajstić information content (AvgIpc) is 2.74. The second kappa shape index (κ2) is 5.50. The number of hydrogen-bond donors (Lipinski definition) is 2. The zero-order valence-corrected chi connectivity index (χ0v) is 9.56. The summed E-state index contributed by atoms with van der Waals surface area (Å²) in [6, 6.07) is 8.76. The van der Waals surface area contributed by atoms with Crippen LogP contribution in [-0.2, 0) is 6.42 Å². The second-order valence-corrected chi connectivity index (χ2v) is 4.46. The first-order valence-corrected chi connectivity index (χ1v) is 5.91. The molecule has 0 amide bonds. The van der Waals surface area contributed by atoms with Crippen molar-refractivity contribution in [2.24, 2.45) is 0 Å².